The van der Waals surface area contributed by atoms with Crippen LogP contribution in [0.1, 0.15) is 6.92 Å². The molecule has 0 rings (SSSR count). The van der Waals surface area contributed by atoms with Gasteiger partial charge in [0, 0.05) is 11.3 Å². The Kier molecular flexibility index (Phi) is 3.19. The molecule has 0 aliphatic heterocycles. The van der Waals surface area contributed by atoms with Crippen molar-refractivity contribution in [3.8, 4) is 0 Å². The van der Waals surface area contributed by atoms with Gasteiger partial charge >= 0.3 is 0 Å². The number of hydrogen-bond donors (Lipinski definition) is 1. The fourth-order valence-electron chi connectivity index (χ4n) is 0.262. The van der Waals surface area contributed by atoms with Crippen molar-refractivity contribution in [1.82, 2.24) is 0 Å². The highest BCUT2D eigenvalue weighted by atomic mass is 28.1. The molecule has 0 heterocycles. The van der Waals surface area contributed by atoms with Gasteiger partial charge in [-0.25, -0.2) is 0 Å². The standard InChI is InChI=1S/C5H11NOSi/c1-3-4(2)5(8)6-7/h3-4,7H,1H2,2,8H3. The van der Waals surface area contributed by atoms with Crippen LogP contribution >= 0.6 is 0 Å². The summed E-state index contributed by atoms with van der Waals surface area (Å²) < 4.78 is 0. The summed E-state index contributed by atoms with van der Waals surface area (Å²) in [6.07, 6.45) is 1.77. The fraction of sp³-hybridized carbons (Fsp3) is 0.400. The molecule has 0 radical (unpaired) electrons. The third-order valence-corrected chi connectivity index (χ3v) is 2.28. The Morgan fingerprint density at radius 3 is 2.62 bits per heavy atom. The van der Waals surface area contributed by atoms with Crippen LogP contribution in [0.2, 0.25) is 0 Å². The molecule has 0 fully saturated rings. The van der Waals surface area contributed by atoms with Crippen LogP contribution < -0.4 is 0 Å². The van der Waals surface area contributed by atoms with Crippen molar-refractivity contribution >= 4 is 15.6 Å². The molecule has 0 saturated carbocycles. The second-order valence-electron chi connectivity index (χ2n) is 1.77. The van der Waals surface area contributed by atoms with Crippen LogP contribution in [0.15, 0.2) is 17.8 Å². The van der Waals surface area contributed by atoms with Gasteiger partial charge in [-0.15, -0.1) is 11.7 Å². The number of hydrogen-bond acceptors (Lipinski definition) is 2. The van der Waals surface area contributed by atoms with Crippen LogP contribution in [0, 0.1) is 5.92 Å². The molecule has 2 nitrogen and oxygen atoms in total. The van der Waals surface area contributed by atoms with Gasteiger partial charge < -0.3 is 5.21 Å². The molecular weight excluding hydrogens is 118 g/mol. The molecule has 8 heavy (non-hydrogen) atoms. The summed E-state index contributed by atoms with van der Waals surface area (Å²) in [4.78, 5) is 0. The van der Waals surface area contributed by atoms with E-state index in [0.29, 0.717) is 0 Å². The normalized spacial score (nSPS) is 15.9. The Morgan fingerprint density at radius 1 is 2.00 bits per heavy atom. The van der Waals surface area contributed by atoms with Crippen LogP contribution in [-0.4, -0.2) is 20.8 Å². The van der Waals surface area contributed by atoms with Crippen LogP contribution in [0.25, 0.3) is 0 Å². The van der Waals surface area contributed by atoms with E-state index in [0.717, 1.165) is 15.6 Å². The molecule has 1 atom stereocenters. The quantitative estimate of drug-likeness (QED) is 0.183. The van der Waals surface area contributed by atoms with E-state index in [9.17, 15) is 0 Å². The topological polar surface area (TPSA) is 32.6 Å². The monoisotopic (exact) mass is 129 g/mol. The Morgan fingerprint density at radius 2 is 2.50 bits per heavy atom. The molecule has 0 aromatic carbocycles. The van der Waals surface area contributed by atoms with Gasteiger partial charge in [0.05, 0.1) is 10.2 Å². The predicted molar refractivity (Wildman–Crippen MR) is 38.5 cm³/mol. The summed E-state index contributed by atoms with van der Waals surface area (Å²) in [6.45, 7) is 5.51. The molecule has 0 aliphatic rings. The minimum Gasteiger partial charge on any atom is -0.411 e. The molecule has 1 unspecified atom stereocenters. The minimum absolute atomic E-state index is 0.242. The van der Waals surface area contributed by atoms with Crippen LogP contribution in [-0.2, 0) is 0 Å². The van der Waals surface area contributed by atoms with E-state index in [1.165, 1.54) is 0 Å². The molecule has 0 aliphatic carbocycles. The van der Waals surface area contributed by atoms with E-state index in [1.54, 1.807) is 6.08 Å². The lowest BCUT2D eigenvalue weighted by atomic mass is 10.2. The SMILES string of the molecule is C=CC(C)C([SiH3])=NO. The largest absolute Gasteiger partial charge is 0.411 e. The third kappa shape index (κ3) is 1.93. The highest BCUT2D eigenvalue weighted by molar-refractivity contribution is 6.60. The zero-order chi connectivity index (χ0) is 6.57. The first kappa shape index (κ1) is 7.43. The zero-order valence-corrected chi connectivity index (χ0v) is 7.26. The average Bonchev–Trinajstić information content (AvgIpc) is 1.84. The van der Waals surface area contributed by atoms with Crippen LogP contribution in [0.3, 0.4) is 0 Å². The summed E-state index contributed by atoms with van der Waals surface area (Å²) in [5, 5.41) is 12.1. The lowest BCUT2D eigenvalue weighted by Gasteiger charge is -1.99. The molecule has 0 aromatic rings. The van der Waals surface area contributed by atoms with Gasteiger partial charge in [0.2, 0.25) is 0 Å². The predicted octanol–water partition coefficient (Wildman–Crippen LogP) is -0.0384. The van der Waals surface area contributed by atoms with Gasteiger partial charge in [0.15, 0.2) is 0 Å². The van der Waals surface area contributed by atoms with Crippen molar-refractivity contribution in [2.24, 2.45) is 11.1 Å². The third-order valence-electron chi connectivity index (χ3n) is 1.17. The van der Waals surface area contributed by atoms with Crippen molar-refractivity contribution in [1.29, 1.82) is 0 Å². The maximum Gasteiger partial charge on any atom is 0.0621 e. The van der Waals surface area contributed by atoms with Crippen molar-refractivity contribution in [3.05, 3.63) is 12.7 Å². The highest BCUT2D eigenvalue weighted by Crippen LogP contribution is 1.94. The van der Waals surface area contributed by atoms with E-state index in [-0.39, 0.29) is 5.92 Å². The molecule has 1 N–H and O–H groups in total. The van der Waals surface area contributed by atoms with Gasteiger partial charge in [-0.2, -0.15) is 0 Å². The summed E-state index contributed by atoms with van der Waals surface area (Å²) in [5.41, 5.74) is 0. The maximum atomic E-state index is 8.21. The van der Waals surface area contributed by atoms with Crippen molar-refractivity contribution in [2.75, 3.05) is 0 Å². The first-order valence-corrected chi connectivity index (χ1v) is 3.53. The van der Waals surface area contributed by atoms with Crippen molar-refractivity contribution < 1.29 is 5.21 Å². The van der Waals surface area contributed by atoms with Crippen molar-refractivity contribution in [2.45, 2.75) is 6.92 Å². The fourth-order valence-corrected chi connectivity index (χ4v) is 0.497. The van der Waals surface area contributed by atoms with E-state index in [2.05, 4.69) is 11.7 Å². The highest BCUT2D eigenvalue weighted by Gasteiger charge is 1.97. The molecule has 0 amide bonds. The van der Waals surface area contributed by atoms with E-state index in [1.807, 2.05) is 6.92 Å². The molecule has 0 aromatic heterocycles. The maximum absolute atomic E-state index is 8.21. The number of allylic oxidation sites excluding steroid dienone is 1. The zero-order valence-electron chi connectivity index (χ0n) is 5.26. The first-order chi connectivity index (χ1) is 3.72. The second-order valence-corrected chi connectivity index (χ2v) is 2.79. The van der Waals surface area contributed by atoms with Crippen molar-refractivity contribution in [3.63, 3.8) is 0 Å². The number of nitrogens with zero attached hydrogens (tertiary/aromatic N) is 1. The Bertz CT molecular complexity index is 111. The van der Waals surface area contributed by atoms with E-state index in [4.69, 9.17) is 5.21 Å². The number of oxime groups is 1. The lowest BCUT2D eigenvalue weighted by Crippen LogP contribution is -2.07. The molecule has 0 bridgehead atoms. The van der Waals surface area contributed by atoms with Gasteiger partial charge in [-0.05, 0) is 0 Å². The first-order valence-electron chi connectivity index (χ1n) is 2.53. The summed E-state index contributed by atoms with van der Waals surface area (Å²) in [6, 6.07) is 0. The van der Waals surface area contributed by atoms with Gasteiger partial charge in [0.25, 0.3) is 0 Å². The van der Waals surface area contributed by atoms with Gasteiger partial charge in [-0.3, -0.25) is 0 Å². The minimum atomic E-state index is 0.242. The van der Waals surface area contributed by atoms with Crippen LogP contribution in [0.4, 0.5) is 0 Å². The van der Waals surface area contributed by atoms with Crippen LogP contribution in [0.5, 0.6) is 0 Å². The molecule has 0 spiro atoms. The van der Waals surface area contributed by atoms with E-state index >= 15 is 0 Å². The Labute approximate surface area is 52.3 Å². The lowest BCUT2D eigenvalue weighted by molar-refractivity contribution is 0.318. The molecule has 3 heteroatoms. The van der Waals surface area contributed by atoms with E-state index < -0.39 is 0 Å². The Hall–Kier alpha value is -0.573. The second kappa shape index (κ2) is 3.43. The molecular formula is C5H11NOSi. The average molecular weight is 129 g/mol. The smallest absolute Gasteiger partial charge is 0.0621 e. The summed E-state index contributed by atoms with van der Waals surface area (Å²) in [7, 11) is 0.812. The summed E-state index contributed by atoms with van der Waals surface area (Å²) >= 11 is 0. The van der Waals surface area contributed by atoms with Gasteiger partial charge in [-0.1, -0.05) is 13.0 Å². The molecule has 0 saturated heterocycles. The summed E-state index contributed by atoms with van der Waals surface area (Å²) in [5.74, 6) is 0.242. The van der Waals surface area contributed by atoms with Gasteiger partial charge in [0.1, 0.15) is 0 Å². The molecule has 46 valence electrons. The Balaban J connectivity index is 3.81. The number of rotatable bonds is 2.